The second-order valence-corrected chi connectivity index (χ2v) is 20.4. The van der Waals surface area contributed by atoms with E-state index in [9.17, 15) is 4.79 Å². The van der Waals surface area contributed by atoms with Crippen molar-refractivity contribution < 1.29 is 56.9 Å². The maximum atomic E-state index is 11.3. The molecule has 0 aliphatic carbocycles. The lowest BCUT2D eigenvalue weighted by atomic mass is 9.78. The molecule has 70 heavy (non-hydrogen) atoms. The van der Waals surface area contributed by atoms with Crippen LogP contribution in [0.5, 0.6) is 11.5 Å². The van der Waals surface area contributed by atoms with E-state index >= 15 is 0 Å². The molecule has 3 aromatic rings. The summed E-state index contributed by atoms with van der Waals surface area (Å²) in [6, 6.07) is 25.0. The van der Waals surface area contributed by atoms with Crippen LogP contribution < -0.4 is 9.47 Å². The topological polar surface area (TPSA) is 129 Å². The van der Waals surface area contributed by atoms with Crippen molar-refractivity contribution >= 4 is 5.97 Å². The molecule has 12 nitrogen and oxygen atoms in total. The molecule has 0 aromatic heterocycles. The molecular formula is C58H90O12. The van der Waals surface area contributed by atoms with Crippen LogP contribution >= 0.6 is 0 Å². The summed E-state index contributed by atoms with van der Waals surface area (Å²) in [5.74, 6) is 1.56. The Morgan fingerprint density at radius 1 is 0.614 bits per heavy atom. The van der Waals surface area contributed by atoms with Crippen LogP contribution in [0, 0.1) is 12.3 Å². The van der Waals surface area contributed by atoms with Gasteiger partial charge in [-0.05, 0) is 85.9 Å². The Balaban J connectivity index is 0.000000319. The van der Waals surface area contributed by atoms with Gasteiger partial charge in [-0.3, -0.25) is 4.79 Å². The molecule has 0 N–H and O–H groups in total. The summed E-state index contributed by atoms with van der Waals surface area (Å²) in [5, 5.41) is 0. The monoisotopic (exact) mass is 979 g/mol. The third kappa shape index (κ3) is 27.3. The summed E-state index contributed by atoms with van der Waals surface area (Å²) in [6.45, 7) is 28.5. The first-order valence-corrected chi connectivity index (χ1v) is 26.3. The molecule has 3 aliphatic rings. The van der Waals surface area contributed by atoms with Crippen LogP contribution in [-0.2, 0) is 59.4 Å². The molecule has 12 heteroatoms. The molecule has 0 saturated carbocycles. The standard InChI is InChI=1S/C35H52O8.C13H24O3.C10H14O/c1-5-7-17-36-19-31(40-23-33-25-42-33)21-38-29-13-9-27(10-14-29)35(3,4)28-11-15-30(16-12-28)39-22-32(20-37-18-8-6-2)41-24-34-26-43-34;1-13(2,3)8-6-4-5-7-12(14)16-10-11-9-15-11;1-3-11-8-10-6-4-5-9(2)7-10/h9-16,31-34H,5-8,17-26H2,1-4H3;11H,4-10H2,1-3H3;4-7H,3,8H2,1-2H3. The van der Waals surface area contributed by atoms with Gasteiger partial charge in [0.15, 0.2) is 0 Å². The maximum Gasteiger partial charge on any atom is 0.305 e. The quantitative estimate of drug-likeness (QED) is 0.0321. The zero-order valence-electron chi connectivity index (χ0n) is 44.5. The minimum Gasteiger partial charge on any atom is -0.491 e. The Bertz CT molecular complexity index is 1720. The van der Waals surface area contributed by atoms with E-state index in [4.69, 9.17) is 52.1 Å². The second-order valence-electron chi connectivity index (χ2n) is 20.4. The van der Waals surface area contributed by atoms with Gasteiger partial charge in [0.1, 0.15) is 61.8 Å². The summed E-state index contributed by atoms with van der Waals surface area (Å²) < 4.78 is 61.6. The Morgan fingerprint density at radius 3 is 1.56 bits per heavy atom. The zero-order valence-corrected chi connectivity index (χ0v) is 44.5. The highest BCUT2D eigenvalue weighted by atomic mass is 16.6. The summed E-state index contributed by atoms with van der Waals surface area (Å²) in [4.78, 5) is 11.3. The zero-order chi connectivity index (χ0) is 50.5. The van der Waals surface area contributed by atoms with Crippen molar-refractivity contribution in [2.75, 3.05) is 85.9 Å². The minimum absolute atomic E-state index is 0.0775. The highest BCUT2D eigenvalue weighted by molar-refractivity contribution is 5.69. The number of benzene rings is 3. The smallest absolute Gasteiger partial charge is 0.305 e. The number of aryl methyl sites for hydroxylation is 1. The van der Waals surface area contributed by atoms with Crippen molar-refractivity contribution in [2.45, 2.75) is 163 Å². The molecule has 3 heterocycles. The molecule has 3 aliphatic heterocycles. The summed E-state index contributed by atoms with van der Waals surface area (Å²) in [7, 11) is 0. The number of ether oxygens (including phenoxy) is 11. The van der Waals surface area contributed by atoms with E-state index in [1.807, 2.05) is 31.2 Å². The number of hydrogen-bond acceptors (Lipinski definition) is 12. The fourth-order valence-corrected chi connectivity index (χ4v) is 7.05. The van der Waals surface area contributed by atoms with Gasteiger partial charge in [0, 0.05) is 31.7 Å². The number of esters is 1. The van der Waals surface area contributed by atoms with Gasteiger partial charge < -0.3 is 52.1 Å². The summed E-state index contributed by atoms with van der Waals surface area (Å²) >= 11 is 0. The number of carbonyl (C=O) groups is 1. The maximum absolute atomic E-state index is 11.3. The second kappa shape index (κ2) is 33.2. The predicted octanol–water partition coefficient (Wildman–Crippen LogP) is 11.4. The van der Waals surface area contributed by atoms with Crippen LogP contribution in [0.3, 0.4) is 0 Å². The van der Waals surface area contributed by atoms with E-state index in [2.05, 4.69) is 104 Å². The SMILES string of the molecule is CC(C)(C)CCCCCC(=O)OCC1CO1.CCCCOCC(COc1ccc(C(C)(C)c2ccc(OCC(COCCCC)OCC3CO3)cc2)cc1)OCC1CO1.CCOCc1cccc(C)c1. The fraction of sp³-hybridized carbons (Fsp3) is 0.672. The normalized spacial score (nSPS) is 17.8. The van der Waals surface area contributed by atoms with Crippen molar-refractivity contribution in [3.8, 4) is 11.5 Å². The Labute approximate surface area is 422 Å². The van der Waals surface area contributed by atoms with Gasteiger partial charge in [-0.2, -0.15) is 0 Å². The van der Waals surface area contributed by atoms with Crippen LogP contribution in [-0.4, -0.2) is 122 Å². The fourth-order valence-electron chi connectivity index (χ4n) is 7.05. The van der Waals surface area contributed by atoms with Crippen molar-refractivity contribution in [1.82, 2.24) is 0 Å². The Kier molecular flexibility index (Phi) is 28.0. The molecule has 0 radical (unpaired) electrons. The molecule has 5 unspecified atom stereocenters. The Morgan fingerprint density at radius 2 is 1.11 bits per heavy atom. The van der Waals surface area contributed by atoms with Crippen LogP contribution in [0.15, 0.2) is 72.8 Å². The highest BCUT2D eigenvalue weighted by Crippen LogP contribution is 2.33. The van der Waals surface area contributed by atoms with Gasteiger partial charge in [0.05, 0.1) is 52.9 Å². The minimum atomic E-state index is -0.191. The molecule has 3 saturated heterocycles. The molecule has 5 atom stereocenters. The lowest BCUT2D eigenvalue weighted by Crippen LogP contribution is -2.29. The molecular weight excluding hydrogens is 889 g/mol. The first-order valence-electron chi connectivity index (χ1n) is 26.3. The van der Waals surface area contributed by atoms with E-state index in [1.54, 1.807) is 0 Å². The Hall–Kier alpha value is -3.59. The molecule has 6 rings (SSSR count). The predicted molar refractivity (Wildman–Crippen MR) is 276 cm³/mol. The van der Waals surface area contributed by atoms with Crippen molar-refractivity contribution in [3.63, 3.8) is 0 Å². The summed E-state index contributed by atoms with van der Waals surface area (Å²) in [5.41, 5.74) is 5.17. The van der Waals surface area contributed by atoms with Gasteiger partial charge in [0.25, 0.3) is 0 Å². The third-order valence-corrected chi connectivity index (χ3v) is 12.0. The van der Waals surface area contributed by atoms with E-state index in [0.717, 1.165) is 96.3 Å². The lowest BCUT2D eigenvalue weighted by molar-refractivity contribution is -0.144. The first kappa shape index (κ1) is 59.0. The molecule has 3 aromatic carbocycles. The summed E-state index contributed by atoms with van der Waals surface area (Å²) in [6.07, 6.45) is 9.72. The van der Waals surface area contributed by atoms with Crippen molar-refractivity contribution in [1.29, 1.82) is 0 Å². The van der Waals surface area contributed by atoms with Gasteiger partial charge in [-0.1, -0.05) is 128 Å². The number of unbranched alkanes of at least 4 members (excludes halogenated alkanes) is 4. The van der Waals surface area contributed by atoms with Gasteiger partial charge >= 0.3 is 5.97 Å². The average Bonchev–Trinajstić information content (AvgIpc) is 4.19. The van der Waals surface area contributed by atoms with Gasteiger partial charge in [0.2, 0.25) is 0 Å². The molecule has 0 spiro atoms. The lowest BCUT2D eigenvalue weighted by Gasteiger charge is -2.27. The van der Waals surface area contributed by atoms with E-state index < -0.39 is 0 Å². The number of epoxide rings is 3. The first-order chi connectivity index (χ1) is 33.8. The largest absolute Gasteiger partial charge is 0.491 e. The van der Waals surface area contributed by atoms with Crippen molar-refractivity contribution in [3.05, 3.63) is 95.1 Å². The van der Waals surface area contributed by atoms with E-state index in [1.165, 1.54) is 35.1 Å². The van der Waals surface area contributed by atoms with Gasteiger partial charge in [-0.15, -0.1) is 0 Å². The number of rotatable bonds is 34. The number of carbonyl (C=O) groups excluding carboxylic acids is 1. The molecule has 0 bridgehead atoms. The van der Waals surface area contributed by atoms with E-state index in [0.29, 0.717) is 58.1 Å². The third-order valence-electron chi connectivity index (χ3n) is 12.0. The number of hydrogen-bond donors (Lipinski definition) is 0. The van der Waals surface area contributed by atoms with Crippen LogP contribution in [0.25, 0.3) is 0 Å². The van der Waals surface area contributed by atoms with Gasteiger partial charge in [-0.25, -0.2) is 0 Å². The van der Waals surface area contributed by atoms with Crippen molar-refractivity contribution in [2.24, 2.45) is 5.41 Å². The van der Waals surface area contributed by atoms with Crippen LogP contribution in [0.2, 0.25) is 0 Å². The highest BCUT2D eigenvalue weighted by Gasteiger charge is 2.27. The molecule has 3 fully saturated rings. The van der Waals surface area contributed by atoms with E-state index in [-0.39, 0.29) is 41.9 Å². The van der Waals surface area contributed by atoms with Crippen LogP contribution in [0.1, 0.15) is 135 Å². The molecule has 0 amide bonds. The molecule has 394 valence electrons. The average molecular weight is 979 g/mol. The van der Waals surface area contributed by atoms with Crippen LogP contribution in [0.4, 0.5) is 0 Å².